The summed E-state index contributed by atoms with van der Waals surface area (Å²) >= 11 is 0. The molecule has 0 unspecified atom stereocenters. The number of methoxy groups -OCH3 is 1. The van der Waals surface area contributed by atoms with E-state index in [2.05, 4.69) is 5.32 Å². The zero-order valence-corrected chi connectivity index (χ0v) is 15.7. The fraction of sp³-hybridized carbons (Fsp3) is 0.381. The van der Waals surface area contributed by atoms with E-state index >= 15 is 0 Å². The van der Waals surface area contributed by atoms with E-state index in [-0.39, 0.29) is 17.9 Å². The highest BCUT2D eigenvalue weighted by atomic mass is 16.5. The van der Waals surface area contributed by atoms with E-state index in [1.165, 1.54) is 17.7 Å². The van der Waals surface area contributed by atoms with Crippen molar-refractivity contribution >= 4 is 11.7 Å². The van der Waals surface area contributed by atoms with Crippen molar-refractivity contribution in [1.29, 1.82) is 0 Å². The van der Waals surface area contributed by atoms with Gasteiger partial charge in [0.1, 0.15) is 11.3 Å². The first-order valence-corrected chi connectivity index (χ1v) is 9.14. The van der Waals surface area contributed by atoms with Crippen molar-refractivity contribution in [2.24, 2.45) is 5.92 Å². The monoisotopic (exact) mass is 368 g/mol. The van der Waals surface area contributed by atoms with Crippen molar-refractivity contribution in [2.75, 3.05) is 14.2 Å². The summed E-state index contributed by atoms with van der Waals surface area (Å²) in [6, 6.07) is 8.78. The van der Waals surface area contributed by atoms with Crippen LogP contribution in [0.1, 0.15) is 52.0 Å². The quantitative estimate of drug-likeness (QED) is 0.762. The number of pyridine rings is 1. The molecule has 3 rings (SSSR count). The SMILES string of the molecule is CNC(=O)c1cc(C(=O)CC2CCC2)cn(Cc2cccc(OC)c2)c1=O. The molecule has 1 aliphatic rings. The van der Waals surface area contributed by atoms with Gasteiger partial charge in [-0.25, -0.2) is 0 Å². The summed E-state index contributed by atoms with van der Waals surface area (Å²) in [5, 5.41) is 2.48. The van der Waals surface area contributed by atoms with Crippen LogP contribution in [0.25, 0.3) is 0 Å². The maximum absolute atomic E-state index is 12.8. The molecule has 0 aliphatic heterocycles. The van der Waals surface area contributed by atoms with Gasteiger partial charge in [0.05, 0.1) is 13.7 Å². The standard InChI is InChI=1S/C21H24N2O4/c1-22-20(25)18-11-16(19(24)10-14-5-3-6-14)13-23(21(18)26)12-15-7-4-8-17(9-15)27-2/h4,7-9,11,13-14H,3,5-6,10,12H2,1-2H3,(H,22,25). The number of nitrogens with zero attached hydrogens (tertiary/aromatic N) is 1. The van der Waals surface area contributed by atoms with Crippen LogP contribution in [0, 0.1) is 5.92 Å². The van der Waals surface area contributed by atoms with Crippen LogP contribution in [0.15, 0.2) is 41.3 Å². The molecule has 1 N–H and O–H groups in total. The van der Waals surface area contributed by atoms with Crippen LogP contribution in [0.5, 0.6) is 5.75 Å². The highest BCUT2D eigenvalue weighted by Gasteiger charge is 2.23. The lowest BCUT2D eigenvalue weighted by Crippen LogP contribution is -2.32. The summed E-state index contributed by atoms with van der Waals surface area (Å²) in [5.41, 5.74) is 0.822. The van der Waals surface area contributed by atoms with E-state index in [1.807, 2.05) is 24.3 Å². The Morgan fingerprint density at radius 3 is 2.67 bits per heavy atom. The summed E-state index contributed by atoms with van der Waals surface area (Å²) in [6.45, 7) is 0.255. The molecule has 1 amide bonds. The molecular weight excluding hydrogens is 344 g/mol. The molecule has 1 aliphatic carbocycles. The second-order valence-electron chi connectivity index (χ2n) is 6.93. The Labute approximate surface area is 158 Å². The van der Waals surface area contributed by atoms with Crippen LogP contribution in [-0.4, -0.2) is 30.4 Å². The number of hydrogen-bond acceptors (Lipinski definition) is 4. The Balaban J connectivity index is 1.97. The molecule has 1 saturated carbocycles. The molecule has 6 heteroatoms. The molecular formula is C21H24N2O4. The largest absolute Gasteiger partial charge is 0.497 e. The Bertz CT molecular complexity index is 913. The van der Waals surface area contributed by atoms with Gasteiger partial charge < -0.3 is 14.6 Å². The summed E-state index contributed by atoms with van der Waals surface area (Å²) in [4.78, 5) is 37.6. The third kappa shape index (κ3) is 4.27. The summed E-state index contributed by atoms with van der Waals surface area (Å²) in [5.74, 6) is 0.589. The predicted molar refractivity (Wildman–Crippen MR) is 102 cm³/mol. The van der Waals surface area contributed by atoms with Gasteiger partial charge in [0.25, 0.3) is 11.5 Å². The topological polar surface area (TPSA) is 77.4 Å². The maximum Gasteiger partial charge on any atom is 0.263 e. The van der Waals surface area contributed by atoms with Gasteiger partial charge in [-0.3, -0.25) is 14.4 Å². The van der Waals surface area contributed by atoms with Gasteiger partial charge in [0.15, 0.2) is 5.78 Å². The molecule has 2 aromatic rings. The molecule has 0 spiro atoms. The Hall–Kier alpha value is -2.89. The average molecular weight is 368 g/mol. The number of benzene rings is 1. The number of ketones is 1. The minimum absolute atomic E-state index is 0.0140. The molecule has 0 bridgehead atoms. The van der Waals surface area contributed by atoms with Crippen LogP contribution in [0.2, 0.25) is 0 Å². The molecule has 0 atom stereocenters. The van der Waals surface area contributed by atoms with Crippen molar-refractivity contribution < 1.29 is 14.3 Å². The highest BCUT2D eigenvalue weighted by Crippen LogP contribution is 2.30. The molecule has 27 heavy (non-hydrogen) atoms. The highest BCUT2D eigenvalue weighted by molar-refractivity contribution is 6.00. The third-order valence-electron chi connectivity index (χ3n) is 5.07. The normalized spacial score (nSPS) is 13.7. The summed E-state index contributed by atoms with van der Waals surface area (Å²) in [6.07, 6.45) is 5.32. The Morgan fingerprint density at radius 1 is 1.26 bits per heavy atom. The Kier molecular flexibility index (Phi) is 5.74. The minimum Gasteiger partial charge on any atom is -0.497 e. The number of ether oxygens (including phenoxy) is 1. The van der Waals surface area contributed by atoms with Gasteiger partial charge in [0.2, 0.25) is 0 Å². The molecule has 1 heterocycles. The fourth-order valence-electron chi connectivity index (χ4n) is 3.25. The van der Waals surface area contributed by atoms with E-state index in [0.29, 0.717) is 23.7 Å². The van der Waals surface area contributed by atoms with E-state index in [0.717, 1.165) is 24.8 Å². The fourth-order valence-corrected chi connectivity index (χ4v) is 3.25. The maximum atomic E-state index is 12.8. The van der Waals surface area contributed by atoms with Crippen molar-refractivity contribution in [1.82, 2.24) is 9.88 Å². The number of nitrogens with one attached hydrogen (secondary N) is 1. The van der Waals surface area contributed by atoms with Crippen molar-refractivity contribution in [2.45, 2.75) is 32.2 Å². The average Bonchev–Trinajstić information content (AvgIpc) is 2.65. The van der Waals surface area contributed by atoms with Crippen LogP contribution in [-0.2, 0) is 6.54 Å². The number of rotatable bonds is 7. The van der Waals surface area contributed by atoms with Gasteiger partial charge in [-0.15, -0.1) is 0 Å². The zero-order valence-electron chi connectivity index (χ0n) is 15.7. The number of amides is 1. The summed E-state index contributed by atoms with van der Waals surface area (Å²) in [7, 11) is 3.05. The zero-order chi connectivity index (χ0) is 19.4. The van der Waals surface area contributed by atoms with E-state index in [1.54, 1.807) is 13.3 Å². The lowest BCUT2D eigenvalue weighted by Gasteiger charge is -2.24. The predicted octanol–water partition coefficient (Wildman–Crippen LogP) is 2.64. The van der Waals surface area contributed by atoms with Crippen LogP contribution in [0.3, 0.4) is 0 Å². The first kappa shape index (κ1) is 18.9. The van der Waals surface area contributed by atoms with Crippen LogP contribution >= 0.6 is 0 Å². The van der Waals surface area contributed by atoms with Crippen molar-refractivity contribution in [3.05, 3.63) is 63.6 Å². The summed E-state index contributed by atoms with van der Waals surface area (Å²) < 4.78 is 6.64. The van der Waals surface area contributed by atoms with Gasteiger partial charge in [0, 0.05) is 25.2 Å². The molecule has 142 valence electrons. The lowest BCUT2D eigenvalue weighted by atomic mass is 9.81. The van der Waals surface area contributed by atoms with Crippen molar-refractivity contribution in [3.8, 4) is 5.75 Å². The lowest BCUT2D eigenvalue weighted by molar-refractivity contribution is 0.0935. The first-order chi connectivity index (χ1) is 13.0. The first-order valence-electron chi connectivity index (χ1n) is 9.14. The number of aromatic nitrogens is 1. The minimum atomic E-state index is -0.488. The number of hydrogen-bond donors (Lipinski definition) is 1. The third-order valence-corrected chi connectivity index (χ3v) is 5.07. The number of carbonyl (C=O) groups is 2. The van der Waals surface area contributed by atoms with Crippen LogP contribution in [0.4, 0.5) is 0 Å². The smallest absolute Gasteiger partial charge is 0.263 e. The number of Topliss-reactive ketones (excluding diaryl/α,β-unsaturated/α-hetero) is 1. The van der Waals surface area contributed by atoms with E-state index in [9.17, 15) is 14.4 Å². The van der Waals surface area contributed by atoms with Gasteiger partial charge in [-0.05, 0) is 29.7 Å². The van der Waals surface area contributed by atoms with Gasteiger partial charge in [-0.2, -0.15) is 0 Å². The van der Waals surface area contributed by atoms with Gasteiger partial charge in [-0.1, -0.05) is 31.4 Å². The van der Waals surface area contributed by atoms with Gasteiger partial charge >= 0.3 is 0 Å². The van der Waals surface area contributed by atoms with Crippen molar-refractivity contribution in [3.63, 3.8) is 0 Å². The Morgan fingerprint density at radius 2 is 2.04 bits per heavy atom. The number of carbonyl (C=O) groups excluding carboxylic acids is 2. The molecule has 0 radical (unpaired) electrons. The molecule has 1 aromatic heterocycles. The van der Waals surface area contributed by atoms with E-state index in [4.69, 9.17) is 4.74 Å². The van der Waals surface area contributed by atoms with E-state index < -0.39 is 11.5 Å². The molecule has 1 aromatic carbocycles. The second kappa shape index (κ2) is 8.20. The molecule has 6 nitrogen and oxygen atoms in total. The molecule has 0 saturated heterocycles. The molecule has 1 fully saturated rings. The van der Waals surface area contributed by atoms with Crippen LogP contribution < -0.4 is 15.6 Å². The second-order valence-corrected chi connectivity index (χ2v) is 6.93.